The van der Waals surface area contributed by atoms with E-state index in [2.05, 4.69) is 5.32 Å². The number of nitrogens with one attached hydrogen (secondary N) is 1. The highest BCUT2D eigenvalue weighted by Crippen LogP contribution is 2.37. The first kappa shape index (κ1) is 14.7. The molecule has 7 nitrogen and oxygen atoms in total. The molecular weight excluding hydrogens is 300 g/mol. The van der Waals surface area contributed by atoms with Gasteiger partial charge in [-0.15, -0.1) is 0 Å². The number of benzene rings is 2. The van der Waals surface area contributed by atoms with Gasteiger partial charge in [-0.2, -0.15) is 0 Å². The minimum Gasteiger partial charge on any atom is -0.504 e. The average Bonchev–Trinajstić information content (AvgIpc) is 2.45. The fraction of sp³-hybridized carbons (Fsp3) is 0.0769. The van der Waals surface area contributed by atoms with Crippen LogP contribution in [0.15, 0.2) is 30.3 Å². The Hall–Kier alpha value is -2.67. The summed E-state index contributed by atoms with van der Waals surface area (Å²) in [6, 6.07) is 6.61. The molecule has 0 aromatic heterocycles. The van der Waals surface area contributed by atoms with Gasteiger partial charge in [-0.25, -0.2) is 0 Å². The van der Waals surface area contributed by atoms with Gasteiger partial charge < -0.3 is 20.6 Å². The van der Waals surface area contributed by atoms with Gasteiger partial charge in [0.1, 0.15) is 0 Å². The molecule has 0 saturated carbocycles. The molecular formula is C13H11ClN2O5. The predicted octanol–water partition coefficient (Wildman–Crippen LogP) is 2.98. The SMILES string of the molecule is O=[N+]([O-])c1ccc(NCc2ccc(O)c(O)c2O)c(Cl)c1. The van der Waals surface area contributed by atoms with E-state index >= 15 is 0 Å². The van der Waals surface area contributed by atoms with E-state index in [-0.39, 0.29) is 17.3 Å². The fourth-order valence-corrected chi connectivity index (χ4v) is 1.95. The van der Waals surface area contributed by atoms with Gasteiger partial charge >= 0.3 is 0 Å². The maximum absolute atomic E-state index is 10.6. The van der Waals surface area contributed by atoms with Crippen molar-refractivity contribution in [3.05, 3.63) is 51.0 Å². The highest BCUT2D eigenvalue weighted by molar-refractivity contribution is 6.33. The molecule has 2 rings (SSSR count). The smallest absolute Gasteiger partial charge is 0.271 e. The number of phenols is 3. The van der Waals surface area contributed by atoms with Crippen LogP contribution < -0.4 is 5.32 Å². The summed E-state index contributed by atoms with van der Waals surface area (Å²) >= 11 is 5.92. The van der Waals surface area contributed by atoms with Gasteiger partial charge in [-0.05, 0) is 18.2 Å². The van der Waals surface area contributed by atoms with Crippen molar-refractivity contribution in [2.45, 2.75) is 6.54 Å². The largest absolute Gasteiger partial charge is 0.504 e. The molecule has 0 aliphatic rings. The Bertz CT molecular complexity index is 705. The van der Waals surface area contributed by atoms with Gasteiger partial charge in [-0.3, -0.25) is 10.1 Å². The predicted molar refractivity (Wildman–Crippen MR) is 76.9 cm³/mol. The summed E-state index contributed by atoms with van der Waals surface area (Å²) in [7, 11) is 0. The van der Waals surface area contributed by atoms with Gasteiger partial charge in [0, 0.05) is 24.2 Å². The van der Waals surface area contributed by atoms with Gasteiger partial charge in [0.05, 0.1) is 15.6 Å². The number of non-ortho nitro benzene ring substituents is 1. The lowest BCUT2D eigenvalue weighted by Crippen LogP contribution is -2.01. The second-order valence-corrected chi connectivity index (χ2v) is 4.62. The zero-order valence-corrected chi connectivity index (χ0v) is 11.3. The first-order valence-electron chi connectivity index (χ1n) is 5.80. The van der Waals surface area contributed by atoms with Crippen LogP contribution in [-0.4, -0.2) is 20.2 Å². The molecule has 0 unspecified atom stereocenters. The molecule has 0 aliphatic heterocycles. The first-order valence-corrected chi connectivity index (χ1v) is 6.18. The van der Waals surface area contributed by atoms with Crippen molar-refractivity contribution < 1.29 is 20.2 Å². The first-order chi connectivity index (χ1) is 9.90. The molecule has 8 heteroatoms. The Morgan fingerprint density at radius 3 is 2.48 bits per heavy atom. The highest BCUT2D eigenvalue weighted by Gasteiger charge is 2.12. The fourth-order valence-electron chi connectivity index (χ4n) is 1.70. The molecule has 0 bridgehead atoms. The second-order valence-electron chi connectivity index (χ2n) is 4.22. The van der Waals surface area contributed by atoms with Crippen LogP contribution in [0.4, 0.5) is 11.4 Å². The third-order valence-corrected chi connectivity index (χ3v) is 3.16. The summed E-state index contributed by atoms with van der Waals surface area (Å²) in [6.07, 6.45) is 0. The standard InChI is InChI=1S/C13H11ClN2O5/c14-9-5-8(16(20)21)2-3-10(9)15-6-7-1-4-11(17)13(19)12(7)18/h1-5,15,17-19H,6H2. The van der Waals surface area contributed by atoms with E-state index in [0.717, 1.165) is 0 Å². The van der Waals surface area contributed by atoms with Crippen molar-refractivity contribution in [1.29, 1.82) is 0 Å². The van der Waals surface area contributed by atoms with Crippen molar-refractivity contribution in [2.24, 2.45) is 0 Å². The summed E-state index contributed by atoms with van der Waals surface area (Å²) in [5, 5.41) is 41.9. The highest BCUT2D eigenvalue weighted by atomic mass is 35.5. The molecule has 0 heterocycles. The van der Waals surface area contributed by atoms with Crippen molar-refractivity contribution >= 4 is 23.0 Å². The maximum Gasteiger partial charge on any atom is 0.271 e. The van der Waals surface area contributed by atoms with Crippen LogP contribution >= 0.6 is 11.6 Å². The number of nitro benzene ring substituents is 1. The van der Waals surface area contributed by atoms with E-state index < -0.39 is 22.2 Å². The Kier molecular flexibility index (Phi) is 4.04. The van der Waals surface area contributed by atoms with Gasteiger partial charge in [0.2, 0.25) is 5.75 Å². The monoisotopic (exact) mass is 310 g/mol. The topological polar surface area (TPSA) is 116 Å². The van der Waals surface area contributed by atoms with E-state index in [9.17, 15) is 25.4 Å². The number of hydrogen-bond acceptors (Lipinski definition) is 6. The molecule has 0 amide bonds. The van der Waals surface area contributed by atoms with Crippen LogP contribution in [0.25, 0.3) is 0 Å². The third-order valence-electron chi connectivity index (χ3n) is 2.85. The molecule has 0 spiro atoms. The Balaban J connectivity index is 2.17. The zero-order chi connectivity index (χ0) is 15.6. The lowest BCUT2D eigenvalue weighted by Gasteiger charge is -2.11. The lowest BCUT2D eigenvalue weighted by molar-refractivity contribution is -0.384. The second kappa shape index (κ2) is 5.76. The third kappa shape index (κ3) is 3.09. The molecule has 110 valence electrons. The van der Waals surface area contributed by atoms with Crippen LogP contribution in [-0.2, 0) is 6.54 Å². The van der Waals surface area contributed by atoms with Crippen molar-refractivity contribution in [1.82, 2.24) is 0 Å². The number of halogens is 1. The van der Waals surface area contributed by atoms with E-state index in [1.165, 1.54) is 30.3 Å². The summed E-state index contributed by atoms with van der Waals surface area (Å²) < 4.78 is 0. The number of aromatic hydroxyl groups is 3. The molecule has 0 aliphatic carbocycles. The van der Waals surface area contributed by atoms with Gasteiger partial charge in [0.15, 0.2) is 11.5 Å². The zero-order valence-electron chi connectivity index (χ0n) is 10.6. The number of nitro groups is 1. The summed E-state index contributed by atoms with van der Waals surface area (Å²) in [5.74, 6) is -1.48. The summed E-state index contributed by atoms with van der Waals surface area (Å²) in [6.45, 7) is 0.108. The number of phenolic OH excluding ortho intramolecular Hbond substituents is 3. The van der Waals surface area contributed by atoms with Gasteiger partial charge in [-0.1, -0.05) is 11.6 Å². The number of hydrogen-bond donors (Lipinski definition) is 4. The van der Waals surface area contributed by atoms with E-state index in [4.69, 9.17) is 11.6 Å². The van der Waals surface area contributed by atoms with E-state index in [0.29, 0.717) is 11.3 Å². The molecule has 2 aromatic carbocycles. The molecule has 0 radical (unpaired) electrons. The molecule has 4 N–H and O–H groups in total. The molecule has 2 aromatic rings. The van der Waals surface area contributed by atoms with Gasteiger partial charge in [0.25, 0.3) is 5.69 Å². The number of anilines is 1. The average molecular weight is 311 g/mol. The van der Waals surface area contributed by atoms with Crippen molar-refractivity contribution in [2.75, 3.05) is 5.32 Å². The Morgan fingerprint density at radius 2 is 1.86 bits per heavy atom. The quantitative estimate of drug-likeness (QED) is 0.392. The van der Waals surface area contributed by atoms with Crippen LogP contribution in [0.2, 0.25) is 5.02 Å². The normalized spacial score (nSPS) is 10.3. The van der Waals surface area contributed by atoms with Crippen LogP contribution in [0.5, 0.6) is 17.2 Å². The van der Waals surface area contributed by atoms with Crippen LogP contribution in [0.3, 0.4) is 0 Å². The minimum absolute atomic E-state index is 0.108. The Morgan fingerprint density at radius 1 is 1.14 bits per heavy atom. The minimum atomic E-state index is -0.607. The van der Waals surface area contributed by atoms with E-state index in [1.54, 1.807) is 0 Å². The maximum atomic E-state index is 10.6. The summed E-state index contributed by atoms with van der Waals surface area (Å²) in [4.78, 5) is 10.0. The Labute approximate surface area is 124 Å². The summed E-state index contributed by atoms with van der Waals surface area (Å²) in [5.41, 5.74) is 0.643. The molecule has 0 atom stereocenters. The molecule has 21 heavy (non-hydrogen) atoms. The molecule has 0 saturated heterocycles. The van der Waals surface area contributed by atoms with E-state index in [1.807, 2.05) is 0 Å². The van der Waals surface area contributed by atoms with Crippen molar-refractivity contribution in [3.8, 4) is 17.2 Å². The number of nitrogens with zero attached hydrogens (tertiary/aromatic N) is 1. The van der Waals surface area contributed by atoms with Crippen LogP contribution in [0, 0.1) is 10.1 Å². The van der Waals surface area contributed by atoms with Crippen LogP contribution in [0.1, 0.15) is 5.56 Å². The number of rotatable bonds is 4. The lowest BCUT2D eigenvalue weighted by atomic mass is 10.1. The van der Waals surface area contributed by atoms with Crippen molar-refractivity contribution in [3.63, 3.8) is 0 Å². The molecule has 0 fully saturated rings.